The van der Waals surface area contributed by atoms with Gasteiger partial charge in [-0.25, -0.2) is 15.0 Å². The van der Waals surface area contributed by atoms with Crippen LogP contribution in [0.2, 0.25) is 0 Å². The Morgan fingerprint density at radius 2 is 1.90 bits per heavy atom. The van der Waals surface area contributed by atoms with Gasteiger partial charge in [-0.15, -0.1) is 0 Å². The molecule has 1 atom stereocenters. The lowest BCUT2D eigenvalue weighted by molar-refractivity contribution is 0.100. The highest BCUT2D eigenvalue weighted by atomic mass is 16.5. The van der Waals surface area contributed by atoms with E-state index in [0.29, 0.717) is 36.4 Å². The Morgan fingerprint density at radius 3 is 2.55 bits per heavy atom. The summed E-state index contributed by atoms with van der Waals surface area (Å²) in [5, 5.41) is 6.11. The van der Waals surface area contributed by atoms with Crippen LogP contribution in [0.15, 0.2) is 48.9 Å². The van der Waals surface area contributed by atoms with Gasteiger partial charge in [0.15, 0.2) is 5.82 Å². The minimum absolute atomic E-state index is 0.173. The van der Waals surface area contributed by atoms with Crippen LogP contribution in [0.1, 0.15) is 10.4 Å². The highest BCUT2D eigenvalue weighted by Gasteiger charge is 2.13. The molecule has 0 unspecified atom stereocenters. The van der Waals surface area contributed by atoms with Crippen molar-refractivity contribution in [3.8, 4) is 11.4 Å². The maximum absolute atomic E-state index is 11.7. The first-order valence-corrected chi connectivity index (χ1v) is 8.86. The van der Waals surface area contributed by atoms with Crippen molar-refractivity contribution >= 4 is 23.4 Å². The molecular weight excluding hydrogens is 372 g/mol. The Hall–Kier alpha value is -3.63. The third-order valence-corrected chi connectivity index (χ3v) is 3.93. The Bertz CT molecular complexity index is 950. The predicted molar refractivity (Wildman–Crippen MR) is 110 cm³/mol. The molecule has 0 saturated heterocycles. The van der Waals surface area contributed by atoms with Crippen LogP contribution in [-0.2, 0) is 4.74 Å². The molecular formula is C19H22N8O2. The first kappa shape index (κ1) is 20.1. The maximum atomic E-state index is 11.7. The quantitative estimate of drug-likeness (QED) is 0.418. The molecule has 0 aliphatic carbocycles. The summed E-state index contributed by atoms with van der Waals surface area (Å²) < 4.78 is 5.00. The average molecular weight is 394 g/mol. The first-order chi connectivity index (χ1) is 14.1. The van der Waals surface area contributed by atoms with Crippen molar-refractivity contribution in [1.29, 1.82) is 0 Å². The second kappa shape index (κ2) is 9.53. The molecule has 10 heteroatoms. The van der Waals surface area contributed by atoms with Gasteiger partial charge in [0.1, 0.15) is 11.4 Å². The number of anilines is 3. The molecule has 3 rings (SSSR count). The molecule has 1 aromatic carbocycles. The van der Waals surface area contributed by atoms with E-state index in [9.17, 15) is 4.79 Å². The van der Waals surface area contributed by atoms with Gasteiger partial charge in [0.2, 0.25) is 5.95 Å². The number of primary amides is 1. The lowest BCUT2D eigenvalue weighted by atomic mass is 10.2. The molecule has 0 fully saturated rings. The zero-order valence-corrected chi connectivity index (χ0v) is 15.9. The molecule has 10 nitrogen and oxygen atoms in total. The molecule has 0 aliphatic rings. The zero-order valence-electron chi connectivity index (χ0n) is 15.9. The predicted octanol–water partition coefficient (Wildman–Crippen LogP) is 1.16. The smallest absolute Gasteiger partial charge is 0.254 e. The average Bonchev–Trinajstić information content (AvgIpc) is 2.73. The maximum Gasteiger partial charge on any atom is 0.254 e. The minimum atomic E-state index is -0.635. The number of amides is 1. The molecule has 1 amide bonds. The third kappa shape index (κ3) is 5.43. The number of benzene rings is 1. The van der Waals surface area contributed by atoms with Crippen LogP contribution < -0.4 is 22.1 Å². The van der Waals surface area contributed by atoms with Gasteiger partial charge in [-0.1, -0.05) is 0 Å². The van der Waals surface area contributed by atoms with Crippen LogP contribution in [0.4, 0.5) is 17.5 Å². The number of nitrogens with two attached hydrogens (primary N) is 2. The molecule has 0 spiro atoms. The van der Waals surface area contributed by atoms with E-state index < -0.39 is 5.91 Å². The van der Waals surface area contributed by atoms with Crippen molar-refractivity contribution in [3.05, 3.63) is 54.5 Å². The topological polar surface area (TPSA) is 154 Å². The summed E-state index contributed by atoms with van der Waals surface area (Å²) in [6.45, 7) is 0.809. The van der Waals surface area contributed by atoms with Crippen molar-refractivity contribution in [2.75, 3.05) is 30.9 Å². The fourth-order valence-corrected chi connectivity index (χ4v) is 2.53. The van der Waals surface area contributed by atoms with Gasteiger partial charge in [-0.2, -0.15) is 4.98 Å². The molecule has 29 heavy (non-hydrogen) atoms. The van der Waals surface area contributed by atoms with Gasteiger partial charge >= 0.3 is 0 Å². The fraction of sp³-hybridized carbons (Fsp3) is 0.211. The van der Waals surface area contributed by atoms with Crippen molar-refractivity contribution < 1.29 is 9.53 Å². The van der Waals surface area contributed by atoms with E-state index in [1.807, 2.05) is 24.3 Å². The Kier molecular flexibility index (Phi) is 6.61. The highest BCUT2D eigenvalue weighted by Crippen LogP contribution is 2.22. The zero-order chi connectivity index (χ0) is 20.6. The van der Waals surface area contributed by atoms with Crippen molar-refractivity contribution in [2.24, 2.45) is 11.5 Å². The number of hydrogen-bond acceptors (Lipinski definition) is 9. The summed E-state index contributed by atoms with van der Waals surface area (Å²) in [5.41, 5.74) is 13.1. The third-order valence-electron chi connectivity index (χ3n) is 3.93. The minimum Gasteiger partial charge on any atom is -0.383 e. The Labute approximate surface area is 167 Å². The number of methoxy groups -OCH3 is 1. The number of ether oxygens (including phenoxy) is 1. The summed E-state index contributed by atoms with van der Waals surface area (Å²) >= 11 is 0. The van der Waals surface area contributed by atoms with Crippen LogP contribution in [0, 0.1) is 0 Å². The second-order valence-corrected chi connectivity index (χ2v) is 6.19. The SMILES string of the molecule is COC[C@H](N)CNc1ncc(C(N)=O)c(Nc2ccc(-c3ncccn3)cc2)n1. The van der Waals surface area contributed by atoms with Crippen LogP contribution in [-0.4, -0.2) is 52.1 Å². The number of carbonyl (C=O) groups is 1. The molecule has 2 aromatic heterocycles. The van der Waals surface area contributed by atoms with Gasteiger partial charge in [0.25, 0.3) is 5.91 Å². The fourth-order valence-electron chi connectivity index (χ4n) is 2.53. The van der Waals surface area contributed by atoms with E-state index in [-0.39, 0.29) is 11.6 Å². The largest absolute Gasteiger partial charge is 0.383 e. The summed E-state index contributed by atoms with van der Waals surface area (Å²) in [6.07, 6.45) is 4.73. The molecule has 0 aliphatic heterocycles. The van der Waals surface area contributed by atoms with E-state index in [1.165, 1.54) is 6.20 Å². The standard InChI is InChI=1S/C19H22N8O2/c1-29-11-13(20)9-24-19-25-10-15(16(21)28)18(27-19)26-14-5-3-12(4-6-14)17-22-7-2-8-23-17/h2-8,10,13H,9,11,20H2,1H3,(H2,21,28)(H2,24,25,26,27)/t13-/m1/s1. The van der Waals surface area contributed by atoms with Gasteiger partial charge in [-0.3, -0.25) is 4.79 Å². The number of nitrogens with one attached hydrogen (secondary N) is 2. The van der Waals surface area contributed by atoms with Crippen LogP contribution >= 0.6 is 0 Å². The summed E-state index contributed by atoms with van der Waals surface area (Å²) in [4.78, 5) is 28.6. The summed E-state index contributed by atoms with van der Waals surface area (Å²) in [7, 11) is 1.58. The van der Waals surface area contributed by atoms with Crippen LogP contribution in [0.3, 0.4) is 0 Å². The normalized spacial score (nSPS) is 11.7. The van der Waals surface area contributed by atoms with Crippen LogP contribution in [0.25, 0.3) is 11.4 Å². The van der Waals surface area contributed by atoms with Crippen molar-refractivity contribution in [1.82, 2.24) is 19.9 Å². The second-order valence-electron chi connectivity index (χ2n) is 6.19. The number of aromatic nitrogens is 4. The lowest BCUT2D eigenvalue weighted by Gasteiger charge is -2.14. The Morgan fingerprint density at radius 1 is 1.17 bits per heavy atom. The molecule has 150 valence electrons. The number of nitrogens with zero attached hydrogens (tertiary/aromatic N) is 4. The van der Waals surface area contributed by atoms with E-state index in [1.54, 1.807) is 25.6 Å². The van der Waals surface area contributed by atoms with Gasteiger partial charge in [0, 0.05) is 49.5 Å². The molecule has 2 heterocycles. The highest BCUT2D eigenvalue weighted by molar-refractivity contribution is 5.98. The molecule has 0 saturated carbocycles. The molecule has 0 radical (unpaired) electrons. The number of carbonyl (C=O) groups excluding carboxylic acids is 1. The first-order valence-electron chi connectivity index (χ1n) is 8.86. The Balaban J connectivity index is 1.77. The van der Waals surface area contributed by atoms with Crippen molar-refractivity contribution in [2.45, 2.75) is 6.04 Å². The molecule has 0 bridgehead atoms. The van der Waals surface area contributed by atoms with Gasteiger partial charge in [0.05, 0.1) is 6.61 Å². The summed E-state index contributed by atoms with van der Waals surface area (Å²) in [5.74, 6) is 0.597. The number of rotatable bonds is 9. The molecule has 6 N–H and O–H groups in total. The monoisotopic (exact) mass is 394 g/mol. The van der Waals surface area contributed by atoms with Gasteiger partial charge in [-0.05, 0) is 30.3 Å². The van der Waals surface area contributed by atoms with E-state index in [4.69, 9.17) is 16.2 Å². The number of hydrogen-bond donors (Lipinski definition) is 4. The van der Waals surface area contributed by atoms with Crippen LogP contribution in [0.5, 0.6) is 0 Å². The molecule has 3 aromatic rings. The van der Waals surface area contributed by atoms with E-state index in [0.717, 1.165) is 5.56 Å². The van der Waals surface area contributed by atoms with E-state index >= 15 is 0 Å². The summed E-state index contributed by atoms with van der Waals surface area (Å²) in [6, 6.07) is 8.94. The van der Waals surface area contributed by atoms with Gasteiger partial charge < -0.3 is 26.8 Å². The van der Waals surface area contributed by atoms with E-state index in [2.05, 4.69) is 30.6 Å². The lowest BCUT2D eigenvalue weighted by Crippen LogP contribution is -2.33. The van der Waals surface area contributed by atoms with Crippen molar-refractivity contribution in [3.63, 3.8) is 0 Å².